The van der Waals surface area contributed by atoms with E-state index >= 15 is 0 Å². The topological polar surface area (TPSA) is 83.5 Å². The molecule has 0 amide bonds. The number of hydrogen-bond acceptors (Lipinski definition) is 5. The third-order valence-corrected chi connectivity index (χ3v) is 2.97. The fourth-order valence-electron chi connectivity index (χ4n) is 1.81. The summed E-state index contributed by atoms with van der Waals surface area (Å²) in [5.74, 6) is 1.49. The van der Waals surface area contributed by atoms with Gasteiger partial charge in [0.05, 0.1) is 18.5 Å². The molecule has 0 saturated heterocycles. The van der Waals surface area contributed by atoms with Crippen molar-refractivity contribution >= 4 is 0 Å². The number of imidazole rings is 1. The van der Waals surface area contributed by atoms with Crippen molar-refractivity contribution in [1.29, 1.82) is 0 Å². The monoisotopic (exact) mass is 265 g/mol. The van der Waals surface area contributed by atoms with E-state index in [0.717, 1.165) is 5.82 Å². The Morgan fingerprint density at radius 1 is 1.58 bits per heavy atom. The Kier molecular flexibility index (Phi) is 4.04. The number of hydrogen-bond donors (Lipinski definition) is 3. The smallest absolute Gasteiger partial charge is 0.133 e. The van der Waals surface area contributed by atoms with Crippen molar-refractivity contribution in [2.24, 2.45) is 7.05 Å². The largest absolute Gasteiger partial charge is 0.467 e. The number of nitrogens with zero attached hydrogens (tertiary/aromatic N) is 2. The minimum atomic E-state index is -1.18. The van der Waals surface area contributed by atoms with Crippen LogP contribution in [0.3, 0.4) is 0 Å². The van der Waals surface area contributed by atoms with Crippen molar-refractivity contribution in [3.63, 3.8) is 0 Å². The number of aliphatic hydroxyl groups excluding tert-OH is 1. The summed E-state index contributed by atoms with van der Waals surface area (Å²) >= 11 is 0. The summed E-state index contributed by atoms with van der Waals surface area (Å²) in [6.45, 7) is 1.48. The highest BCUT2D eigenvalue weighted by Gasteiger charge is 2.25. The Hall–Kier alpha value is -1.63. The molecule has 3 N–H and O–H groups in total. The zero-order chi connectivity index (χ0) is 13.9. The molecule has 2 heterocycles. The molecular weight excluding hydrogens is 246 g/mol. The number of nitrogens with one attached hydrogen (secondary N) is 1. The highest BCUT2D eigenvalue weighted by molar-refractivity contribution is 5.15. The minimum absolute atomic E-state index is 0.224. The summed E-state index contributed by atoms with van der Waals surface area (Å²) in [6, 6.07) is 3.38. The fourth-order valence-corrected chi connectivity index (χ4v) is 1.81. The average Bonchev–Trinajstić information content (AvgIpc) is 3.02. The first-order chi connectivity index (χ1) is 9.03. The van der Waals surface area contributed by atoms with Gasteiger partial charge in [-0.15, -0.1) is 0 Å². The second kappa shape index (κ2) is 5.56. The lowest BCUT2D eigenvalue weighted by Crippen LogP contribution is -2.42. The molecular formula is C13H19N3O3. The standard InChI is InChI=1S/C13H19N3O3/c1-13(18,9-17)8-15-11(10-4-3-7-19-10)12-14-5-6-16(12)2/h3-7,11,15,17-18H,8-9H2,1-2H3. The highest BCUT2D eigenvalue weighted by atomic mass is 16.3. The molecule has 0 radical (unpaired) electrons. The zero-order valence-electron chi connectivity index (χ0n) is 11.1. The molecule has 2 aromatic heterocycles. The van der Waals surface area contributed by atoms with Gasteiger partial charge in [0.2, 0.25) is 0 Å². The van der Waals surface area contributed by atoms with Crippen molar-refractivity contribution in [2.75, 3.05) is 13.2 Å². The van der Waals surface area contributed by atoms with E-state index in [1.54, 1.807) is 25.5 Å². The van der Waals surface area contributed by atoms with E-state index in [1.807, 2.05) is 23.9 Å². The summed E-state index contributed by atoms with van der Waals surface area (Å²) in [4.78, 5) is 4.29. The van der Waals surface area contributed by atoms with Crippen molar-refractivity contribution in [2.45, 2.75) is 18.6 Å². The van der Waals surface area contributed by atoms with E-state index in [1.165, 1.54) is 0 Å². The van der Waals surface area contributed by atoms with E-state index in [4.69, 9.17) is 9.52 Å². The molecule has 2 rings (SSSR count). The Bertz CT molecular complexity index is 505. The molecule has 0 aliphatic rings. The Morgan fingerprint density at radius 2 is 2.37 bits per heavy atom. The van der Waals surface area contributed by atoms with Gasteiger partial charge in [0.15, 0.2) is 0 Å². The van der Waals surface area contributed by atoms with Gasteiger partial charge in [-0.3, -0.25) is 5.32 Å². The van der Waals surface area contributed by atoms with Gasteiger partial charge in [-0.25, -0.2) is 4.98 Å². The van der Waals surface area contributed by atoms with Crippen LogP contribution in [0.2, 0.25) is 0 Å². The first kappa shape index (κ1) is 13.8. The van der Waals surface area contributed by atoms with Crippen LogP contribution >= 0.6 is 0 Å². The molecule has 2 aromatic rings. The summed E-state index contributed by atoms with van der Waals surface area (Å²) in [7, 11) is 1.89. The molecule has 0 saturated carbocycles. The van der Waals surface area contributed by atoms with Gasteiger partial charge in [-0.05, 0) is 19.1 Å². The van der Waals surface area contributed by atoms with Gasteiger partial charge in [-0.1, -0.05) is 0 Å². The van der Waals surface area contributed by atoms with Crippen LogP contribution in [-0.2, 0) is 7.05 Å². The SMILES string of the molecule is Cn1ccnc1C(NCC(C)(O)CO)c1ccco1. The molecule has 0 aromatic carbocycles. The van der Waals surface area contributed by atoms with Gasteiger partial charge in [-0.2, -0.15) is 0 Å². The van der Waals surface area contributed by atoms with Crippen molar-refractivity contribution in [3.05, 3.63) is 42.4 Å². The normalized spacial score (nSPS) is 16.2. The molecule has 2 atom stereocenters. The van der Waals surface area contributed by atoms with Crippen molar-refractivity contribution in [3.8, 4) is 0 Å². The first-order valence-corrected chi connectivity index (χ1v) is 6.11. The molecule has 0 fully saturated rings. The van der Waals surface area contributed by atoms with E-state index in [-0.39, 0.29) is 19.2 Å². The average molecular weight is 265 g/mol. The molecule has 6 nitrogen and oxygen atoms in total. The van der Waals surface area contributed by atoms with Crippen LogP contribution in [0.25, 0.3) is 0 Å². The predicted molar refractivity (Wildman–Crippen MR) is 69.5 cm³/mol. The summed E-state index contributed by atoms with van der Waals surface area (Å²) < 4.78 is 7.30. The number of aryl methyl sites for hydroxylation is 1. The van der Waals surface area contributed by atoms with Gasteiger partial charge in [0, 0.05) is 26.0 Å². The van der Waals surface area contributed by atoms with Crippen LogP contribution in [0.4, 0.5) is 0 Å². The van der Waals surface area contributed by atoms with Gasteiger partial charge < -0.3 is 19.2 Å². The van der Waals surface area contributed by atoms with E-state index in [9.17, 15) is 5.11 Å². The molecule has 0 bridgehead atoms. The van der Waals surface area contributed by atoms with Gasteiger partial charge in [0.1, 0.15) is 17.6 Å². The van der Waals surface area contributed by atoms with Crippen LogP contribution in [0.15, 0.2) is 35.2 Å². The second-order valence-electron chi connectivity index (χ2n) is 4.88. The molecule has 19 heavy (non-hydrogen) atoms. The molecule has 0 aliphatic carbocycles. The molecule has 6 heteroatoms. The molecule has 104 valence electrons. The minimum Gasteiger partial charge on any atom is -0.467 e. The van der Waals surface area contributed by atoms with E-state index in [0.29, 0.717) is 5.76 Å². The first-order valence-electron chi connectivity index (χ1n) is 6.11. The zero-order valence-corrected chi connectivity index (χ0v) is 11.1. The maximum Gasteiger partial charge on any atom is 0.133 e. The van der Waals surface area contributed by atoms with Crippen LogP contribution in [0.5, 0.6) is 0 Å². The number of aliphatic hydroxyl groups is 2. The quantitative estimate of drug-likeness (QED) is 0.705. The summed E-state index contributed by atoms with van der Waals surface area (Å²) in [6.07, 6.45) is 5.14. The molecule has 0 spiro atoms. The number of aromatic nitrogens is 2. The highest BCUT2D eigenvalue weighted by Crippen LogP contribution is 2.21. The van der Waals surface area contributed by atoms with Crippen molar-refractivity contribution in [1.82, 2.24) is 14.9 Å². The third-order valence-electron chi connectivity index (χ3n) is 2.97. The fraction of sp³-hybridized carbons (Fsp3) is 0.462. The van der Waals surface area contributed by atoms with Crippen LogP contribution < -0.4 is 5.32 Å². The van der Waals surface area contributed by atoms with E-state index in [2.05, 4.69) is 10.3 Å². The van der Waals surface area contributed by atoms with Gasteiger partial charge in [0.25, 0.3) is 0 Å². The number of rotatable bonds is 6. The maximum atomic E-state index is 9.87. The Labute approximate surface area is 111 Å². The predicted octanol–water partition coefficient (Wildman–Crippen LogP) is 0.435. The Balaban J connectivity index is 2.19. The maximum absolute atomic E-state index is 9.87. The van der Waals surface area contributed by atoms with Crippen LogP contribution in [0, 0.1) is 0 Å². The lowest BCUT2D eigenvalue weighted by Gasteiger charge is -2.24. The second-order valence-corrected chi connectivity index (χ2v) is 4.88. The molecule has 2 unspecified atom stereocenters. The van der Waals surface area contributed by atoms with Crippen LogP contribution in [-0.4, -0.2) is 38.5 Å². The Morgan fingerprint density at radius 3 is 2.89 bits per heavy atom. The third kappa shape index (κ3) is 3.23. The summed E-state index contributed by atoms with van der Waals surface area (Å²) in [5.41, 5.74) is -1.18. The lowest BCUT2D eigenvalue weighted by atomic mass is 10.1. The summed E-state index contributed by atoms with van der Waals surface area (Å²) in [5, 5.41) is 22.1. The lowest BCUT2D eigenvalue weighted by molar-refractivity contribution is 0.000912. The van der Waals surface area contributed by atoms with E-state index < -0.39 is 5.60 Å². The van der Waals surface area contributed by atoms with Crippen molar-refractivity contribution < 1.29 is 14.6 Å². The molecule has 0 aliphatic heterocycles. The van der Waals surface area contributed by atoms with Crippen LogP contribution in [0.1, 0.15) is 24.6 Å². The van der Waals surface area contributed by atoms with Gasteiger partial charge >= 0.3 is 0 Å². The number of furan rings is 1.